The normalized spacial score (nSPS) is 28.3. The van der Waals surface area contributed by atoms with Crippen molar-refractivity contribution in [3.05, 3.63) is 71.6 Å². The van der Waals surface area contributed by atoms with Crippen molar-refractivity contribution in [2.75, 3.05) is 26.9 Å². The zero-order valence-electron chi connectivity index (χ0n) is 36.8. The van der Waals surface area contributed by atoms with Crippen molar-refractivity contribution in [1.29, 1.82) is 0 Å². The fraction of sp³-hybridized carbons (Fsp3) is 0.565. The van der Waals surface area contributed by atoms with Crippen LogP contribution in [0.3, 0.4) is 0 Å². The molecule has 1 saturated heterocycles. The number of fused-ring (bicyclic) bond motifs is 5. The molecule has 4 aromatic rings. The van der Waals surface area contributed by atoms with Crippen LogP contribution in [0.1, 0.15) is 102 Å². The van der Waals surface area contributed by atoms with E-state index >= 15 is 0 Å². The maximum Gasteiger partial charge on any atom is 0.324 e. The highest BCUT2D eigenvalue weighted by atomic mass is 32.2. The molecule has 326 valence electrons. The first-order chi connectivity index (χ1) is 29.2. The number of nitrogens with one attached hydrogen (secondary N) is 2. The van der Waals surface area contributed by atoms with Crippen molar-refractivity contribution < 1.29 is 28.6 Å². The fourth-order valence-electron chi connectivity index (χ4n) is 9.62. The number of aliphatic imine (C=N–C) groups is 1. The molecule has 4 aliphatic rings. The van der Waals surface area contributed by atoms with Crippen LogP contribution < -0.4 is 10.7 Å². The van der Waals surface area contributed by atoms with Crippen LogP contribution in [-0.2, 0) is 48.6 Å². The highest BCUT2D eigenvalue weighted by Crippen LogP contribution is 2.53. The first-order valence-corrected chi connectivity index (χ1v) is 22.6. The lowest BCUT2D eigenvalue weighted by atomic mass is 9.84. The van der Waals surface area contributed by atoms with E-state index in [-0.39, 0.29) is 60.2 Å². The number of amides is 2. The minimum atomic E-state index is -1.11. The predicted molar refractivity (Wildman–Crippen MR) is 236 cm³/mol. The van der Waals surface area contributed by atoms with Crippen LogP contribution in [0.2, 0.25) is 0 Å². The number of nitrogens with zero attached hydrogens (tertiary/aromatic N) is 6. The van der Waals surface area contributed by atoms with Gasteiger partial charge in [0.2, 0.25) is 5.91 Å². The Balaban J connectivity index is 1.25. The molecular formula is C46H60N8O6S. The number of aryl methyl sites for hydroxylation is 2. The Morgan fingerprint density at radius 1 is 1.16 bits per heavy atom. The summed E-state index contributed by atoms with van der Waals surface area (Å²) in [6, 6.07) is 8.60. The van der Waals surface area contributed by atoms with Gasteiger partial charge in [-0.15, -0.1) is 11.8 Å². The van der Waals surface area contributed by atoms with Gasteiger partial charge in [-0.2, -0.15) is 0 Å². The number of pyridine rings is 1. The highest BCUT2D eigenvalue weighted by Gasteiger charge is 2.55. The van der Waals surface area contributed by atoms with Gasteiger partial charge in [-0.1, -0.05) is 33.8 Å². The fourth-order valence-corrected chi connectivity index (χ4v) is 10.9. The van der Waals surface area contributed by atoms with Gasteiger partial charge >= 0.3 is 5.97 Å². The van der Waals surface area contributed by atoms with E-state index in [4.69, 9.17) is 24.2 Å². The number of rotatable bonds is 9. The van der Waals surface area contributed by atoms with Gasteiger partial charge in [0.1, 0.15) is 23.2 Å². The van der Waals surface area contributed by atoms with Gasteiger partial charge in [0.05, 0.1) is 42.2 Å². The second-order valence-electron chi connectivity index (χ2n) is 17.9. The van der Waals surface area contributed by atoms with Crippen molar-refractivity contribution in [3.63, 3.8) is 0 Å². The third-order valence-corrected chi connectivity index (χ3v) is 14.1. The molecule has 1 saturated carbocycles. The summed E-state index contributed by atoms with van der Waals surface area (Å²) in [7, 11) is 3.61. The summed E-state index contributed by atoms with van der Waals surface area (Å²) in [6.45, 7) is 16.0. The number of aromatic nitrogens is 4. The standard InChI is InChI=1S/C46H60N8O6S/c1-10-53-34-17-16-28-20-30(34)31(40(53)29-14-12-18-47-37(29)26(4)58-9)21-46(6,7)23-60-45(57)32-15-13-19-54(51-32)44(56)39(41(59-11-2)43-50-38(28)27(5)61-43)49-42(55)36-25(3)35(36)33-22-52(8)24-48-33/h12,14,16-18,20,22,24-27,32,35-36,38-39,41,51H,10-11,13,15,19,21,23H2,1-9H3,(H,49,55)/t25-,26-,27?,32-,35-,36+,38?,39-,41-/m0/s1. The van der Waals surface area contributed by atoms with Crippen LogP contribution >= 0.6 is 11.8 Å². The molecule has 6 heterocycles. The number of hydrogen-bond donors (Lipinski definition) is 2. The molecule has 2 amide bonds. The third kappa shape index (κ3) is 8.26. The van der Waals surface area contributed by atoms with Crippen LogP contribution in [0.4, 0.5) is 0 Å². The Labute approximate surface area is 362 Å². The number of ether oxygens (including phenoxy) is 3. The van der Waals surface area contributed by atoms with Crippen LogP contribution in [0, 0.1) is 17.3 Å². The Hall–Kier alpha value is -4.57. The zero-order valence-corrected chi connectivity index (χ0v) is 37.6. The average molecular weight is 853 g/mol. The van der Waals surface area contributed by atoms with E-state index in [1.807, 2.05) is 50.8 Å². The van der Waals surface area contributed by atoms with Crippen molar-refractivity contribution >= 4 is 45.5 Å². The van der Waals surface area contributed by atoms with Gasteiger partial charge in [0.15, 0.2) is 0 Å². The molecule has 0 radical (unpaired) electrons. The second kappa shape index (κ2) is 17.3. The Bertz CT molecular complexity index is 2340. The molecule has 15 heteroatoms. The zero-order chi connectivity index (χ0) is 43.3. The van der Waals surface area contributed by atoms with E-state index in [1.54, 1.807) is 25.2 Å². The van der Waals surface area contributed by atoms with Gasteiger partial charge in [-0.05, 0) is 81.3 Å². The molecule has 2 unspecified atom stereocenters. The van der Waals surface area contributed by atoms with Crippen LogP contribution in [0.15, 0.2) is 54.0 Å². The number of carbonyl (C=O) groups is 3. The Morgan fingerprint density at radius 2 is 1.97 bits per heavy atom. The topological polar surface area (TPSA) is 154 Å². The summed E-state index contributed by atoms with van der Waals surface area (Å²) in [5, 5.41) is 6.38. The molecule has 9 atom stereocenters. The molecule has 14 nitrogen and oxygen atoms in total. The summed E-state index contributed by atoms with van der Waals surface area (Å²) in [5.74, 6) is -1.41. The third-order valence-electron chi connectivity index (χ3n) is 12.9. The molecular weight excluding hydrogens is 793 g/mol. The maximum atomic E-state index is 14.8. The summed E-state index contributed by atoms with van der Waals surface area (Å²) >= 11 is 1.58. The first-order valence-electron chi connectivity index (χ1n) is 21.8. The van der Waals surface area contributed by atoms with Crippen LogP contribution in [-0.4, -0.2) is 97.2 Å². The van der Waals surface area contributed by atoms with Gasteiger partial charge in [0, 0.05) is 85.2 Å². The van der Waals surface area contributed by atoms with E-state index in [1.165, 1.54) is 5.01 Å². The quantitative estimate of drug-likeness (QED) is 0.184. The largest absolute Gasteiger partial charge is 0.464 e. The van der Waals surface area contributed by atoms with Gasteiger partial charge in [-0.3, -0.25) is 29.4 Å². The number of esters is 1. The first kappa shape index (κ1) is 43.1. The summed E-state index contributed by atoms with van der Waals surface area (Å²) in [4.78, 5) is 57.8. The number of benzene rings is 1. The van der Waals surface area contributed by atoms with Crippen molar-refractivity contribution in [2.24, 2.45) is 29.3 Å². The molecule has 1 aromatic carbocycles. The van der Waals surface area contributed by atoms with Crippen molar-refractivity contribution in [3.8, 4) is 11.3 Å². The molecule has 0 spiro atoms. The maximum absolute atomic E-state index is 14.8. The lowest BCUT2D eigenvalue weighted by Gasteiger charge is -2.37. The number of hydrogen-bond acceptors (Lipinski definition) is 11. The van der Waals surface area contributed by atoms with Crippen molar-refractivity contribution in [2.45, 2.75) is 116 Å². The predicted octanol–water partition coefficient (Wildman–Crippen LogP) is 6.30. The summed E-state index contributed by atoms with van der Waals surface area (Å²) < 4.78 is 22.7. The highest BCUT2D eigenvalue weighted by molar-refractivity contribution is 8.14. The average Bonchev–Trinajstić information content (AvgIpc) is 3.50. The molecule has 3 aliphatic heterocycles. The number of cyclic esters (lactones) is 1. The minimum absolute atomic E-state index is 0.00421. The number of imidazole rings is 1. The minimum Gasteiger partial charge on any atom is -0.464 e. The SMILES string of the molecule is CCO[C@@H]1C2=NC(c3ccc4c(c3)c(c(-c3cccnc3[C@H](C)OC)n4CC)CC(C)(C)COC(=O)[C@@H]3CCCN(N3)C(=O)[C@H]1NC(=O)[C@@H]1[C@@H](C)[C@H]1c1cn(C)cn1)C(C)S2. The molecule has 8 rings (SSSR count). The number of hydrazine groups is 1. The molecule has 3 aromatic heterocycles. The Morgan fingerprint density at radius 3 is 2.69 bits per heavy atom. The molecule has 2 fully saturated rings. The number of methoxy groups -OCH3 is 1. The number of thioether (sulfide) groups is 1. The van der Waals surface area contributed by atoms with Crippen LogP contribution in [0.25, 0.3) is 22.2 Å². The van der Waals surface area contributed by atoms with E-state index in [2.05, 4.69) is 72.3 Å². The van der Waals surface area contributed by atoms with Gasteiger partial charge in [0.25, 0.3) is 5.91 Å². The smallest absolute Gasteiger partial charge is 0.324 e. The molecule has 2 N–H and O–H groups in total. The summed E-state index contributed by atoms with van der Waals surface area (Å²) in [5.41, 5.74) is 9.77. The van der Waals surface area contributed by atoms with E-state index < -0.39 is 29.6 Å². The Kier molecular flexibility index (Phi) is 12.2. The second-order valence-corrected chi connectivity index (χ2v) is 19.3. The van der Waals surface area contributed by atoms with E-state index in [9.17, 15) is 14.4 Å². The van der Waals surface area contributed by atoms with E-state index in [0.29, 0.717) is 30.9 Å². The van der Waals surface area contributed by atoms with Crippen LogP contribution in [0.5, 0.6) is 0 Å². The lowest BCUT2D eigenvalue weighted by molar-refractivity contribution is -0.156. The lowest BCUT2D eigenvalue weighted by Crippen LogP contribution is -2.63. The van der Waals surface area contributed by atoms with Crippen molar-refractivity contribution in [1.82, 2.24) is 34.9 Å². The summed E-state index contributed by atoms with van der Waals surface area (Å²) in [6.07, 6.45) is 6.07. The van der Waals surface area contributed by atoms with Gasteiger partial charge < -0.3 is 28.7 Å². The van der Waals surface area contributed by atoms with E-state index in [0.717, 1.165) is 51.2 Å². The molecule has 61 heavy (non-hydrogen) atoms. The monoisotopic (exact) mass is 852 g/mol. The van der Waals surface area contributed by atoms with Gasteiger partial charge in [-0.25, -0.2) is 10.4 Å². The number of carbonyl (C=O) groups excluding carboxylic acids is 3. The molecule has 6 bridgehead atoms. The molecule has 1 aliphatic carbocycles.